The van der Waals surface area contributed by atoms with Crippen molar-refractivity contribution in [1.29, 1.82) is 0 Å². The smallest absolute Gasteiger partial charge is 0.223 e. The van der Waals surface area contributed by atoms with Gasteiger partial charge in [-0.15, -0.1) is 11.8 Å². The van der Waals surface area contributed by atoms with Gasteiger partial charge in [0.15, 0.2) is 0 Å². The highest BCUT2D eigenvalue weighted by molar-refractivity contribution is 7.99. The van der Waals surface area contributed by atoms with E-state index in [0.29, 0.717) is 12.0 Å². The second kappa shape index (κ2) is 5.54. The van der Waals surface area contributed by atoms with Crippen molar-refractivity contribution in [2.75, 3.05) is 12.3 Å². The van der Waals surface area contributed by atoms with Crippen molar-refractivity contribution in [3.8, 4) is 0 Å². The summed E-state index contributed by atoms with van der Waals surface area (Å²) >= 11 is 1.64. The minimum atomic E-state index is -0.221. The van der Waals surface area contributed by atoms with Crippen LogP contribution in [0.25, 0.3) is 0 Å². The molecule has 1 aliphatic rings. The van der Waals surface area contributed by atoms with Gasteiger partial charge in [0.2, 0.25) is 5.91 Å². The Hall–Kier alpha value is -1.03. The third kappa shape index (κ3) is 2.63. The number of rotatable bonds is 3. The summed E-state index contributed by atoms with van der Waals surface area (Å²) in [4.78, 5) is 13.7. The average Bonchev–Trinajstić information content (AvgIpc) is 2.79. The summed E-state index contributed by atoms with van der Waals surface area (Å²) in [6, 6.07) is 6.72. The Bertz CT molecular complexity index is 410. The summed E-state index contributed by atoms with van der Waals surface area (Å²) < 4.78 is 13.7. The first kappa shape index (κ1) is 12.4. The molecular weight excluding hydrogens is 237 g/mol. The maximum Gasteiger partial charge on any atom is 0.223 e. The van der Waals surface area contributed by atoms with Crippen molar-refractivity contribution in [2.45, 2.75) is 25.1 Å². The van der Waals surface area contributed by atoms with Gasteiger partial charge < -0.3 is 4.90 Å². The van der Waals surface area contributed by atoms with Crippen LogP contribution in [-0.4, -0.2) is 23.1 Å². The highest BCUT2D eigenvalue weighted by Gasteiger charge is 2.31. The lowest BCUT2D eigenvalue weighted by atomic mass is 10.2. The summed E-state index contributed by atoms with van der Waals surface area (Å²) in [6.07, 6.45) is 1.38. The molecule has 0 bridgehead atoms. The van der Waals surface area contributed by atoms with Crippen LogP contribution < -0.4 is 0 Å². The van der Waals surface area contributed by atoms with Crippen LogP contribution in [0, 0.1) is 5.82 Å². The van der Waals surface area contributed by atoms with Gasteiger partial charge in [0.25, 0.3) is 0 Å². The molecular formula is C13H16FNOS. The first-order valence-electron chi connectivity index (χ1n) is 5.89. The van der Waals surface area contributed by atoms with Gasteiger partial charge in [0, 0.05) is 24.3 Å². The molecule has 1 unspecified atom stereocenters. The van der Waals surface area contributed by atoms with Crippen molar-refractivity contribution >= 4 is 17.7 Å². The summed E-state index contributed by atoms with van der Waals surface area (Å²) in [6.45, 7) is 2.71. The highest BCUT2D eigenvalue weighted by atomic mass is 32.2. The minimum absolute atomic E-state index is 0.130. The fourth-order valence-electron chi connectivity index (χ4n) is 2.02. The molecule has 1 saturated heterocycles. The lowest BCUT2D eigenvalue weighted by Gasteiger charge is -2.24. The molecule has 17 heavy (non-hydrogen) atoms. The molecule has 1 heterocycles. The Kier molecular flexibility index (Phi) is 4.05. The van der Waals surface area contributed by atoms with Crippen LogP contribution in [-0.2, 0) is 4.79 Å². The molecule has 92 valence electrons. The molecule has 0 aliphatic carbocycles. The van der Waals surface area contributed by atoms with Gasteiger partial charge in [0.1, 0.15) is 11.2 Å². The molecule has 2 nitrogen and oxygen atoms in total. The molecule has 0 N–H and O–H groups in total. The Labute approximate surface area is 105 Å². The summed E-state index contributed by atoms with van der Waals surface area (Å²) in [7, 11) is 0. The quantitative estimate of drug-likeness (QED) is 0.824. The molecule has 0 spiro atoms. The van der Waals surface area contributed by atoms with E-state index in [-0.39, 0.29) is 17.1 Å². The number of carbonyl (C=O) groups is 1. The Balaban J connectivity index is 2.20. The third-order valence-electron chi connectivity index (χ3n) is 2.85. The number of nitrogens with zero attached hydrogens (tertiary/aromatic N) is 1. The van der Waals surface area contributed by atoms with E-state index in [2.05, 4.69) is 0 Å². The van der Waals surface area contributed by atoms with E-state index in [1.807, 2.05) is 13.0 Å². The van der Waals surface area contributed by atoms with Gasteiger partial charge in [0.05, 0.1) is 0 Å². The van der Waals surface area contributed by atoms with Gasteiger partial charge in [-0.25, -0.2) is 4.39 Å². The van der Waals surface area contributed by atoms with Gasteiger partial charge in [-0.05, 0) is 12.5 Å². The topological polar surface area (TPSA) is 20.3 Å². The van der Waals surface area contributed by atoms with Crippen LogP contribution in [0.15, 0.2) is 24.3 Å². The third-order valence-corrected chi connectivity index (χ3v) is 4.09. The molecule has 0 radical (unpaired) electrons. The van der Waals surface area contributed by atoms with Crippen molar-refractivity contribution in [3.05, 3.63) is 35.6 Å². The van der Waals surface area contributed by atoms with E-state index in [4.69, 9.17) is 0 Å². The standard InChI is InChI=1S/C13H16FNOS/c1-2-5-12(16)15-8-9-17-13(15)10-6-3-4-7-11(10)14/h3-4,6-7,13H,2,5,8-9H2,1H3. The van der Waals surface area contributed by atoms with Crippen LogP contribution in [0.5, 0.6) is 0 Å². The lowest BCUT2D eigenvalue weighted by Crippen LogP contribution is -2.30. The first-order chi connectivity index (χ1) is 8.24. The van der Waals surface area contributed by atoms with E-state index in [9.17, 15) is 9.18 Å². The van der Waals surface area contributed by atoms with Crippen LogP contribution in [0.1, 0.15) is 30.7 Å². The molecule has 4 heteroatoms. The largest absolute Gasteiger partial charge is 0.326 e. The molecule has 1 amide bonds. The summed E-state index contributed by atoms with van der Waals surface area (Å²) in [5.74, 6) is 0.793. The Morgan fingerprint density at radius 1 is 1.53 bits per heavy atom. The van der Waals surface area contributed by atoms with E-state index >= 15 is 0 Å². The molecule has 2 rings (SSSR count). The second-order valence-corrected chi connectivity index (χ2v) is 5.27. The number of hydrogen-bond donors (Lipinski definition) is 0. The maximum atomic E-state index is 13.7. The predicted molar refractivity (Wildman–Crippen MR) is 68.2 cm³/mol. The van der Waals surface area contributed by atoms with Crippen LogP contribution in [0.3, 0.4) is 0 Å². The zero-order valence-corrected chi connectivity index (χ0v) is 10.7. The molecule has 1 aromatic carbocycles. The zero-order valence-electron chi connectivity index (χ0n) is 9.86. The molecule has 1 aliphatic heterocycles. The van der Waals surface area contributed by atoms with Crippen molar-refractivity contribution < 1.29 is 9.18 Å². The van der Waals surface area contributed by atoms with Crippen LogP contribution >= 0.6 is 11.8 Å². The summed E-state index contributed by atoms with van der Waals surface area (Å²) in [5, 5.41) is -0.143. The average molecular weight is 253 g/mol. The second-order valence-electron chi connectivity index (χ2n) is 4.08. The van der Waals surface area contributed by atoms with Crippen molar-refractivity contribution in [2.24, 2.45) is 0 Å². The van der Waals surface area contributed by atoms with Crippen LogP contribution in [0.4, 0.5) is 4.39 Å². The zero-order chi connectivity index (χ0) is 12.3. The van der Waals surface area contributed by atoms with Crippen molar-refractivity contribution in [3.63, 3.8) is 0 Å². The molecule has 1 fully saturated rings. The number of hydrogen-bond acceptors (Lipinski definition) is 2. The number of benzene rings is 1. The van der Waals surface area contributed by atoms with Gasteiger partial charge in [-0.3, -0.25) is 4.79 Å². The number of amides is 1. The predicted octanol–water partition coefficient (Wildman–Crippen LogP) is 3.20. The number of halogens is 1. The highest BCUT2D eigenvalue weighted by Crippen LogP contribution is 2.39. The van der Waals surface area contributed by atoms with E-state index in [1.165, 1.54) is 6.07 Å². The minimum Gasteiger partial charge on any atom is -0.326 e. The van der Waals surface area contributed by atoms with Crippen LogP contribution in [0.2, 0.25) is 0 Å². The Morgan fingerprint density at radius 3 is 3.00 bits per heavy atom. The molecule has 1 atom stereocenters. The molecule has 0 saturated carbocycles. The Morgan fingerprint density at radius 2 is 2.29 bits per heavy atom. The SMILES string of the molecule is CCCC(=O)N1CCSC1c1ccccc1F. The first-order valence-corrected chi connectivity index (χ1v) is 6.94. The molecule has 1 aromatic rings. The van der Waals surface area contributed by atoms with E-state index in [1.54, 1.807) is 28.8 Å². The number of carbonyl (C=O) groups excluding carboxylic acids is 1. The van der Waals surface area contributed by atoms with E-state index in [0.717, 1.165) is 18.7 Å². The van der Waals surface area contributed by atoms with E-state index < -0.39 is 0 Å². The fourth-order valence-corrected chi connectivity index (χ4v) is 3.31. The molecule has 0 aromatic heterocycles. The lowest BCUT2D eigenvalue weighted by molar-refractivity contribution is -0.131. The number of thioether (sulfide) groups is 1. The van der Waals surface area contributed by atoms with Gasteiger partial charge in [-0.2, -0.15) is 0 Å². The van der Waals surface area contributed by atoms with Crippen molar-refractivity contribution in [1.82, 2.24) is 4.90 Å². The summed E-state index contributed by atoms with van der Waals surface area (Å²) in [5.41, 5.74) is 0.624. The normalized spacial score (nSPS) is 19.6. The van der Waals surface area contributed by atoms with Gasteiger partial charge in [-0.1, -0.05) is 25.1 Å². The monoisotopic (exact) mass is 253 g/mol. The fraction of sp³-hybridized carbons (Fsp3) is 0.462. The van der Waals surface area contributed by atoms with Gasteiger partial charge >= 0.3 is 0 Å². The maximum absolute atomic E-state index is 13.7.